The van der Waals surface area contributed by atoms with Gasteiger partial charge in [0.25, 0.3) is 0 Å². The van der Waals surface area contributed by atoms with Crippen LogP contribution in [0.5, 0.6) is 0 Å². The maximum atomic E-state index is 11.8. The fourth-order valence-corrected chi connectivity index (χ4v) is 2.22. The van der Waals surface area contributed by atoms with Crippen LogP contribution in [0.1, 0.15) is 44.9 Å². The molecule has 0 radical (unpaired) electrons. The molecule has 0 unspecified atom stereocenters. The summed E-state index contributed by atoms with van der Waals surface area (Å²) >= 11 is 0. The van der Waals surface area contributed by atoms with Gasteiger partial charge in [-0.15, -0.1) is 0 Å². The summed E-state index contributed by atoms with van der Waals surface area (Å²) in [5, 5.41) is 0. The van der Waals surface area contributed by atoms with Gasteiger partial charge in [0, 0.05) is 25.4 Å². The zero-order valence-corrected chi connectivity index (χ0v) is 9.98. The van der Waals surface area contributed by atoms with E-state index in [0.29, 0.717) is 18.1 Å². The first-order chi connectivity index (χ1) is 7.79. The van der Waals surface area contributed by atoms with Gasteiger partial charge in [0.1, 0.15) is 11.6 Å². The lowest BCUT2D eigenvalue weighted by Gasteiger charge is -2.24. The number of rotatable bonds is 6. The van der Waals surface area contributed by atoms with Gasteiger partial charge in [0.05, 0.1) is 6.42 Å². The number of hydrogen-bond acceptors (Lipinski definition) is 2. The molecule has 88 valence electrons. The van der Waals surface area contributed by atoms with Crippen LogP contribution in [0, 0.1) is 5.92 Å². The fourth-order valence-electron chi connectivity index (χ4n) is 2.22. The molecule has 2 rings (SSSR count). The Morgan fingerprint density at radius 1 is 1.56 bits per heavy atom. The average molecular weight is 220 g/mol. The van der Waals surface area contributed by atoms with Crippen LogP contribution in [-0.2, 0) is 17.8 Å². The number of Topliss-reactive ketones (excluding diaryl/α,β-unsaturated/α-hetero) is 1. The van der Waals surface area contributed by atoms with Crippen molar-refractivity contribution in [3.8, 4) is 0 Å². The van der Waals surface area contributed by atoms with Crippen molar-refractivity contribution in [1.82, 2.24) is 9.55 Å². The van der Waals surface area contributed by atoms with E-state index in [-0.39, 0.29) is 0 Å². The van der Waals surface area contributed by atoms with Crippen LogP contribution in [-0.4, -0.2) is 15.3 Å². The summed E-state index contributed by atoms with van der Waals surface area (Å²) in [5.74, 6) is 1.96. The van der Waals surface area contributed by atoms with Crippen molar-refractivity contribution in [2.75, 3.05) is 0 Å². The summed E-state index contributed by atoms with van der Waals surface area (Å²) in [5.41, 5.74) is 0. The molecule has 16 heavy (non-hydrogen) atoms. The Morgan fingerprint density at radius 3 is 3.00 bits per heavy atom. The highest BCUT2D eigenvalue weighted by Gasteiger charge is 2.21. The highest BCUT2D eigenvalue weighted by molar-refractivity contribution is 5.80. The molecule has 0 bridgehead atoms. The van der Waals surface area contributed by atoms with Gasteiger partial charge in [-0.3, -0.25) is 4.79 Å². The second-order valence-electron chi connectivity index (χ2n) is 4.75. The highest BCUT2D eigenvalue weighted by atomic mass is 16.1. The van der Waals surface area contributed by atoms with E-state index in [1.165, 1.54) is 19.3 Å². The van der Waals surface area contributed by atoms with Gasteiger partial charge in [-0.05, 0) is 12.3 Å². The monoisotopic (exact) mass is 220 g/mol. The molecule has 1 aromatic rings. The van der Waals surface area contributed by atoms with E-state index >= 15 is 0 Å². The van der Waals surface area contributed by atoms with Gasteiger partial charge in [-0.2, -0.15) is 0 Å². The predicted molar refractivity (Wildman–Crippen MR) is 63.2 cm³/mol. The summed E-state index contributed by atoms with van der Waals surface area (Å²) in [6, 6.07) is 0. The van der Waals surface area contributed by atoms with E-state index in [9.17, 15) is 4.79 Å². The number of imidazole rings is 1. The third-order valence-electron chi connectivity index (χ3n) is 3.36. The van der Waals surface area contributed by atoms with Crippen LogP contribution >= 0.6 is 0 Å². The third-order valence-corrected chi connectivity index (χ3v) is 3.36. The molecule has 0 atom stereocenters. The van der Waals surface area contributed by atoms with Crippen LogP contribution in [0.25, 0.3) is 0 Å². The van der Waals surface area contributed by atoms with Crippen LogP contribution in [0.3, 0.4) is 0 Å². The molecule has 1 aliphatic carbocycles. The van der Waals surface area contributed by atoms with E-state index < -0.39 is 0 Å². The van der Waals surface area contributed by atoms with Gasteiger partial charge < -0.3 is 4.57 Å². The number of carbonyl (C=O) groups is 1. The topological polar surface area (TPSA) is 34.9 Å². The fraction of sp³-hybridized carbons (Fsp3) is 0.692. The average Bonchev–Trinajstić information content (AvgIpc) is 2.60. The Labute approximate surface area is 96.9 Å². The SMILES string of the molecule is CCCn1ccnc1CC(=O)CC1CCC1. The first-order valence-corrected chi connectivity index (χ1v) is 6.31. The number of nitrogens with zero attached hydrogens (tertiary/aromatic N) is 2. The Morgan fingerprint density at radius 2 is 2.38 bits per heavy atom. The number of carbonyl (C=O) groups excluding carboxylic acids is 1. The van der Waals surface area contributed by atoms with E-state index in [0.717, 1.165) is 25.2 Å². The van der Waals surface area contributed by atoms with Crippen molar-refractivity contribution >= 4 is 5.78 Å². The summed E-state index contributed by atoms with van der Waals surface area (Å²) in [6.07, 6.45) is 9.92. The molecular formula is C13H20N2O. The van der Waals surface area contributed by atoms with Crippen molar-refractivity contribution in [3.63, 3.8) is 0 Å². The lowest BCUT2D eigenvalue weighted by Crippen LogP contribution is -2.18. The van der Waals surface area contributed by atoms with Crippen LogP contribution < -0.4 is 0 Å². The van der Waals surface area contributed by atoms with E-state index in [4.69, 9.17) is 0 Å². The first-order valence-electron chi connectivity index (χ1n) is 6.31. The summed E-state index contributed by atoms with van der Waals surface area (Å²) in [7, 11) is 0. The molecule has 0 N–H and O–H groups in total. The molecule has 1 heterocycles. The molecule has 3 heteroatoms. The number of aromatic nitrogens is 2. The minimum absolute atomic E-state index is 0.355. The zero-order chi connectivity index (χ0) is 11.4. The van der Waals surface area contributed by atoms with Crippen LogP contribution in [0.15, 0.2) is 12.4 Å². The summed E-state index contributed by atoms with van der Waals surface area (Å²) < 4.78 is 2.10. The maximum absolute atomic E-state index is 11.8. The first kappa shape index (κ1) is 11.4. The van der Waals surface area contributed by atoms with E-state index in [2.05, 4.69) is 16.5 Å². The second-order valence-corrected chi connectivity index (χ2v) is 4.75. The minimum Gasteiger partial charge on any atom is -0.335 e. The summed E-state index contributed by atoms with van der Waals surface area (Å²) in [4.78, 5) is 16.1. The maximum Gasteiger partial charge on any atom is 0.140 e. The van der Waals surface area contributed by atoms with Crippen molar-refractivity contribution in [3.05, 3.63) is 18.2 Å². The molecule has 0 amide bonds. The minimum atomic E-state index is 0.355. The molecule has 1 saturated carbocycles. The highest BCUT2D eigenvalue weighted by Crippen LogP contribution is 2.29. The van der Waals surface area contributed by atoms with Crippen molar-refractivity contribution in [2.24, 2.45) is 5.92 Å². The standard InChI is InChI=1S/C13H20N2O/c1-2-7-15-8-6-14-13(15)10-12(16)9-11-4-3-5-11/h6,8,11H,2-5,7,9-10H2,1H3. The number of aryl methyl sites for hydroxylation is 1. The molecule has 1 aromatic heterocycles. The Kier molecular flexibility index (Phi) is 3.75. The van der Waals surface area contributed by atoms with Gasteiger partial charge >= 0.3 is 0 Å². The van der Waals surface area contributed by atoms with E-state index in [1.54, 1.807) is 6.20 Å². The third kappa shape index (κ3) is 2.71. The van der Waals surface area contributed by atoms with Crippen molar-refractivity contribution in [1.29, 1.82) is 0 Å². The Hall–Kier alpha value is -1.12. The molecule has 0 spiro atoms. The largest absolute Gasteiger partial charge is 0.335 e. The van der Waals surface area contributed by atoms with Crippen molar-refractivity contribution < 1.29 is 4.79 Å². The van der Waals surface area contributed by atoms with Gasteiger partial charge in [0.15, 0.2) is 0 Å². The molecule has 0 aliphatic heterocycles. The van der Waals surface area contributed by atoms with Crippen LogP contribution in [0.4, 0.5) is 0 Å². The van der Waals surface area contributed by atoms with Gasteiger partial charge in [0.2, 0.25) is 0 Å². The second kappa shape index (κ2) is 5.28. The van der Waals surface area contributed by atoms with Crippen molar-refractivity contribution in [2.45, 2.75) is 52.0 Å². The van der Waals surface area contributed by atoms with E-state index in [1.807, 2.05) is 6.20 Å². The molecule has 0 saturated heterocycles. The number of hydrogen-bond donors (Lipinski definition) is 0. The lowest BCUT2D eigenvalue weighted by molar-refractivity contribution is -0.120. The van der Waals surface area contributed by atoms with Gasteiger partial charge in [-0.25, -0.2) is 4.98 Å². The smallest absolute Gasteiger partial charge is 0.140 e. The number of ketones is 1. The molecule has 1 aliphatic rings. The lowest BCUT2D eigenvalue weighted by atomic mass is 9.81. The van der Waals surface area contributed by atoms with Gasteiger partial charge in [-0.1, -0.05) is 26.2 Å². The Bertz CT molecular complexity index is 353. The normalized spacial score (nSPS) is 16.1. The Balaban J connectivity index is 1.86. The molecular weight excluding hydrogens is 200 g/mol. The quantitative estimate of drug-likeness (QED) is 0.738. The molecule has 0 aromatic carbocycles. The predicted octanol–water partition coefficient (Wildman–Crippen LogP) is 2.59. The summed E-state index contributed by atoms with van der Waals surface area (Å²) in [6.45, 7) is 3.10. The molecule has 3 nitrogen and oxygen atoms in total. The zero-order valence-electron chi connectivity index (χ0n) is 9.98. The molecule has 1 fully saturated rings. The van der Waals surface area contributed by atoms with Crippen LogP contribution in [0.2, 0.25) is 0 Å².